The zero-order chi connectivity index (χ0) is 17.2. The average Bonchev–Trinajstić information content (AvgIpc) is 3.22. The van der Waals surface area contributed by atoms with Crippen LogP contribution in [0, 0.1) is 0 Å². The Labute approximate surface area is 141 Å². The lowest BCUT2D eigenvalue weighted by Crippen LogP contribution is -2.43. The largest absolute Gasteiger partial charge is 0.334 e. The molecule has 8 heteroatoms. The van der Waals surface area contributed by atoms with Crippen LogP contribution in [0.25, 0.3) is 5.69 Å². The number of hydrogen-bond donors (Lipinski definition) is 1. The molecule has 1 N–H and O–H groups in total. The summed E-state index contributed by atoms with van der Waals surface area (Å²) in [6.45, 7) is 0.391. The van der Waals surface area contributed by atoms with Gasteiger partial charge in [0.2, 0.25) is 0 Å². The minimum absolute atomic E-state index is 0.0511. The molecule has 2 amide bonds. The Hall–Kier alpha value is -2.35. The van der Waals surface area contributed by atoms with E-state index in [-0.39, 0.29) is 23.6 Å². The van der Waals surface area contributed by atoms with Crippen molar-refractivity contribution in [3.63, 3.8) is 0 Å². The van der Waals surface area contributed by atoms with Gasteiger partial charge in [-0.25, -0.2) is 17.9 Å². The third kappa shape index (κ3) is 3.76. The minimum Gasteiger partial charge on any atom is -0.334 e. The molecule has 1 saturated heterocycles. The maximum atomic E-state index is 12.2. The van der Waals surface area contributed by atoms with Crippen molar-refractivity contribution in [1.82, 2.24) is 20.0 Å². The number of aromatic nitrogens is 2. The summed E-state index contributed by atoms with van der Waals surface area (Å²) in [6, 6.07) is 9.08. The zero-order valence-electron chi connectivity index (χ0n) is 13.4. The maximum absolute atomic E-state index is 12.2. The lowest BCUT2D eigenvalue weighted by Gasteiger charge is -2.23. The molecule has 1 aliphatic heterocycles. The third-order valence-electron chi connectivity index (χ3n) is 4.23. The lowest BCUT2D eigenvalue weighted by atomic mass is 10.2. The lowest BCUT2D eigenvalue weighted by molar-refractivity contribution is 0.194. The SMILES string of the molecule is CN(C(=O)NCc1ccc(-n2cccn2)cc1)[C@H]1CCS(=O)(=O)C1. The smallest absolute Gasteiger partial charge is 0.317 e. The van der Waals surface area contributed by atoms with E-state index >= 15 is 0 Å². The predicted octanol–water partition coefficient (Wildman–Crippen LogP) is 1.20. The van der Waals surface area contributed by atoms with E-state index in [1.165, 1.54) is 4.90 Å². The Balaban J connectivity index is 1.54. The van der Waals surface area contributed by atoms with Crippen molar-refractivity contribution in [1.29, 1.82) is 0 Å². The number of rotatable bonds is 4. The van der Waals surface area contributed by atoms with Gasteiger partial charge in [-0.15, -0.1) is 0 Å². The van der Waals surface area contributed by atoms with E-state index in [1.807, 2.05) is 36.5 Å². The molecule has 24 heavy (non-hydrogen) atoms. The normalized spacial score (nSPS) is 19.1. The molecule has 1 aliphatic rings. The highest BCUT2D eigenvalue weighted by Crippen LogP contribution is 2.16. The Kier molecular flexibility index (Phi) is 4.57. The minimum atomic E-state index is -3.00. The van der Waals surface area contributed by atoms with Crippen molar-refractivity contribution in [2.24, 2.45) is 0 Å². The number of benzene rings is 1. The number of sulfone groups is 1. The summed E-state index contributed by atoms with van der Waals surface area (Å²) in [5.41, 5.74) is 1.91. The third-order valence-corrected chi connectivity index (χ3v) is 5.98. The van der Waals surface area contributed by atoms with E-state index in [2.05, 4.69) is 10.4 Å². The summed E-state index contributed by atoms with van der Waals surface area (Å²) < 4.78 is 24.8. The predicted molar refractivity (Wildman–Crippen MR) is 90.6 cm³/mol. The van der Waals surface area contributed by atoms with Gasteiger partial charge >= 0.3 is 6.03 Å². The molecule has 2 heterocycles. The van der Waals surface area contributed by atoms with E-state index in [0.29, 0.717) is 13.0 Å². The fourth-order valence-corrected chi connectivity index (χ4v) is 4.51. The number of hydrogen-bond acceptors (Lipinski definition) is 4. The summed E-state index contributed by atoms with van der Waals surface area (Å²) in [5, 5.41) is 6.99. The van der Waals surface area contributed by atoms with Gasteiger partial charge in [0.05, 0.1) is 17.2 Å². The molecule has 128 valence electrons. The molecule has 1 fully saturated rings. The van der Waals surface area contributed by atoms with Gasteiger partial charge in [0.15, 0.2) is 9.84 Å². The molecular formula is C16H20N4O3S. The first-order chi connectivity index (χ1) is 11.4. The van der Waals surface area contributed by atoms with E-state index in [9.17, 15) is 13.2 Å². The van der Waals surface area contributed by atoms with Gasteiger partial charge in [0, 0.05) is 32.0 Å². The number of urea groups is 1. The van der Waals surface area contributed by atoms with Crippen molar-refractivity contribution in [2.45, 2.75) is 19.0 Å². The molecule has 7 nitrogen and oxygen atoms in total. The van der Waals surface area contributed by atoms with Crippen LogP contribution in [0.2, 0.25) is 0 Å². The molecule has 0 radical (unpaired) electrons. The molecule has 1 aromatic heterocycles. The molecule has 0 aliphatic carbocycles. The maximum Gasteiger partial charge on any atom is 0.317 e. The van der Waals surface area contributed by atoms with Crippen molar-refractivity contribution in [2.75, 3.05) is 18.6 Å². The van der Waals surface area contributed by atoms with Crippen LogP contribution in [0.15, 0.2) is 42.7 Å². The molecular weight excluding hydrogens is 328 g/mol. The van der Waals surface area contributed by atoms with Gasteiger partial charge in [0.25, 0.3) is 0 Å². The van der Waals surface area contributed by atoms with E-state index < -0.39 is 9.84 Å². The molecule has 1 atom stereocenters. The summed E-state index contributed by atoms with van der Waals surface area (Å²) >= 11 is 0. The van der Waals surface area contributed by atoms with E-state index in [0.717, 1.165) is 11.3 Å². The fourth-order valence-electron chi connectivity index (χ4n) is 2.74. The quantitative estimate of drug-likeness (QED) is 0.900. The first kappa shape index (κ1) is 16.5. The van der Waals surface area contributed by atoms with Crippen LogP contribution in [0.1, 0.15) is 12.0 Å². The Morgan fingerprint density at radius 2 is 2.12 bits per heavy atom. The number of carbonyl (C=O) groups excluding carboxylic acids is 1. The monoisotopic (exact) mass is 348 g/mol. The second kappa shape index (κ2) is 6.64. The van der Waals surface area contributed by atoms with Crippen LogP contribution < -0.4 is 5.32 Å². The van der Waals surface area contributed by atoms with Crippen molar-refractivity contribution < 1.29 is 13.2 Å². The van der Waals surface area contributed by atoms with Crippen molar-refractivity contribution >= 4 is 15.9 Å². The van der Waals surface area contributed by atoms with Gasteiger partial charge in [0.1, 0.15) is 0 Å². The second-order valence-corrected chi connectivity index (χ2v) is 8.17. The van der Waals surface area contributed by atoms with Gasteiger partial charge in [-0.2, -0.15) is 5.10 Å². The highest BCUT2D eigenvalue weighted by atomic mass is 32.2. The molecule has 0 unspecified atom stereocenters. The number of amides is 2. The summed E-state index contributed by atoms with van der Waals surface area (Å²) in [4.78, 5) is 13.7. The van der Waals surface area contributed by atoms with Crippen molar-refractivity contribution in [3.05, 3.63) is 48.3 Å². The van der Waals surface area contributed by atoms with Crippen LogP contribution in [0.3, 0.4) is 0 Å². The highest BCUT2D eigenvalue weighted by molar-refractivity contribution is 7.91. The van der Waals surface area contributed by atoms with Crippen molar-refractivity contribution in [3.8, 4) is 5.69 Å². The summed E-state index contributed by atoms with van der Waals surface area (Å²) in [5.74, 6) is 0.208. The van der Waals surface area contributed by atoms with E-state index in [1.54, 1.807) is 17.9 Å². The van der Waals surface area contributed by atoms with Crippen LogP contribution in [-0.2, 0) is 16.4 Å². The molecule has 2 aromatic rings. The Morgan fingerprint density at radius 1 is 1.38 bits per heavy atom. The number of nitrogens with zero attached hydrogens (tertiary/aromatic N) is 3. The van der Waals surface area contributed by atoms with Crippen LogP contribution in [0.5, 0.6) is 0 Å². The standard InChI is InChI=1S/C16H20N4O3S/c1-19(15-7-10-24(22,23)12-15)16(21)17-11-13-3-5-14(6-4-13)20-9-2-8-18-20/h2-6,8-9,15H,7,10-12H2,1H3,(H,17,21)/t15-/m0/s1. The summed E-state index contributed by atoms with van der Waals surface area (Å²) in [7, 11) is -1.36. The molecule has 1 aromatic carbocycles. The first-order valence-electron chi connectivity index (χ1n) is 7.75. The molecule has 3 rings (SSSR count). The zero-order valence-corrected chi connectivity index (χ0v) is 14.2. The van der Waals surface area contributed by atoms with Crippen LogP contribution in [0.4, 0.5) is 4.79 Å². The topological polar surface area (TPSA) is 84.3 Å². The second-order valence-electron chi connectivity index (χ2n) is 5.94. The van der Waals surface area contributed by atoms with Crippen LogP contribution in [-0.4, -0.2) is 53.7 Å². The molecule has 0 saturated carbocycles. The Bertz CT molecular complexity index is 800. The first-order valence-corrected chi connectivity index (χ1v) is 9.57. The number of carbonyl (C=O) groups is 1. The van der Waals surface area contributed by atoms with Gasteiger partial charge in [-0.1, -0.05) is 12.1 Å². The van der Waals surface area contributed by atoms with E-state index in [4.69, 9.17) is 0 Å². The van der Waals surface area contributed by atoms with Gasteiger partial charge in [-0.05, 0) is 30.2 Å². The number of nitrogens with one attached hydrogen (secondary N) is 1. The highest BCUT2D eigenvalue weighted by Gasteiger charge is 2.32. The molecule has 0 spiro atoms. The Morgan fingerprint density at radius 3 is 2.71 bits per heavy atom. The molecule has 0 bridgehead atoms. The fraction of sp³-hybridized carbons (Fsp3) is 0.375. The summed E-state index contributed by atoms with van der Waals surface area (Å²) in [6.07, 6.45) is 4.08. The van der Waals surface area contributed by atoms with Crippen LogP contribution >= 0.6 is 0 Å². The average molecular weight is 348 g/mol. The van der Waals surface area contributed by atoms with Gasteiger partial charge < -0.3 is 10.2 Å². The van der Waals surface area contributed by atoms with Gasteiger partial charge in [-0.3, -0.25) is 0 Å².